The van der Waals surface area contributed by atoms with E-state index in [1.807, 2.05) is 60.0 Å². The van der Waals surface area contributed by atoms with E-state index in [2.05, 4.69) is 32.3 Å². The quantitative estimate of drug-likeness (QED) is 0.602. The molecule has 0 bridgehead atoms. The molecule has 0 spiro atoms. The summed E-state index contributed by atoms with van der Waals surface area (Å²) in [6, 6.07) is 19.9. The molecule has 0 radical (unpaired) electrons. The molecule has 0 fully saturated rings. The molecule has 0 unspecified atom stereocenters. The van der Waals surface area contributed by atoms with Gasteiger partial charge in [-0.25, -0.2) is 4.98 Å². The molecule has 1 heterocycles. The van der Waals surface area contributed by atoms with E-state index in [9.17, 15) is 5.26 Å². The van der Waals surface area contributed by atoms with E-state index in [1.165, 1.54) is 11.3 Å². The summed E-state index contributed by atoms with van der Waals surface area (Å²) in [6.07, 6.45) is 1.69. The second-order valence-electron chi connectivity index (χ2n) is 4.72. The first-order valence-corrected chi connectivity index (χ1v) is 8.57. The average Bonchev–Trinajstić information content (AvgIpc) is 3.07. The fourth-order valence-electron chi connectivity index (χ4n) is 1.98. The van der Waals surface area contributed by atoms with E-state index in [-0.39, 0.29) is 0 Å². The van der Waals surface area contributed by atoms with Gasteiger partial charge < -0.3 is 5.32 Å². The van der Waals surface area contributed by atoms with Gasteiger partial charge in [-0.2, -0.15) is 5.26 Å². The van der Waals surface area contributed by atoms with Crippen molar-refractivity contribution in [1.29, 1.82) is 5.26 Å². The summed E-state index contributed by atoms with van der Waals surface area (Å²) in [5.74, 6) is 0. The van der Waals surface area contributed by atoms with Gasteiger partial charge in [0.15, 0.2) is 0 Å². The second-order valence-corrected chi connectivity index (χ2v) is 6.50. The zero-order chi connectivity index (χ0) is 16.1. The van der Waals surface area contributed by atoms with E-state index in [4.69, 9.17) is 0 Å². The molecule has 3 nitrogen and oxygen atoms in total. The lowest BCUT2D eigenvalue weighted by Gasteiger charge is -2.00. The van der Waals surface area contributed by atoms with Gasteiger partial charge in [-0.1, -0.05) is 46.3 Å². The Labute approximate surface area is 147 Å². The van der Waals surface area contributed by atoms with Gasteiger partial charge in [0, 0.05) is 27.3 Å². The third-order valence-electron chi connectivity index (χ3n) is 3.15. The zero-order valence-electron chi connectivity index (χ0n) is 12.0. The molecule has 0 saturated carbocycles. The number of hydrogen-bond acceptors (Lipinski definition) is 4. The van der Waals surface area contributed by atoms with Crippen LogP contribution in [0.2, 0.25) is 0 Å². The first kappa shape index (κ1) is 15.5. The molecule has 5 heteroatoms. The lowest BCUT2D eigenvalue weighted by molar-refractivity contribution is 1.36. The Morgan fingerprint density at radius 1 is 1.13 bits per heavy atom. The largest absolute Gasteiger partial charge is 0.360 e. The lowest BCUT2D eigenvalue weighted by atomic mass is 10.2. The minimum Gasteiger partial charge on any atom is -0.360 e. The van der Waals surface area contributed by atoms with Gasteiger partial charge in [-0.15, -0.1) is 11.3 Å². The van der Waals surface area contributed by atoms with E-state index in [1.54, 1.807) is 6.20 Å². The minimum atomic E-state index is 0.516. The third-order valence-corrected chi connectivity index (χ3v) is 4.56. The van der Waals surface area contributed by atoms with E-state index >= 15 is 0 Å². The Morgan fingerprint density at radius 2 is 1.87 bits per heavy atom. The number of nitrogens with zero attached hydrogens (tertiary/aromatic N) is 2. The molecule has 1 N–H and O–H groups in total. The van der Waals surface area contributed by atoms with Crippen LogP contribution in [0.3, 0.4) is 0 Å². The maximum absolute atomic E-state index is 9.38. The summed E-state index contributed by atoms with van der Waals surface area (Å²) in [5, 5.41) is 15.2. The normalized spacial score (nSPS) is 11.0. The number of benzene rings is 2. The van der Waals surface area contributed by atoms with Crippen LogP contribution in [-0.2, 0) is 0 Å². The summed E-state index contributed by atoms with van der Waals surface area (Å²) in [5.41, 5.74) is 3.36. The number of anilines is 1. The standard InChI is InChI=1S/C18H12BrN3S/c19-15-8-6-13(7-9-15)17-12-23-18(22-17)14(10-20)11-21-16-4-2-1-3-5-16/h1-9,11-12,21H/b14-11-. The van der Waals surface area contributed by atoms with Crippen molar-refractivity contribution in [3.8, 4) is 17.3 Å². The number of para-hydroxylation sites is 1. The molecule has 0 aliphatic carbocycles. The van der Waals surface area contributed by atoms with Crippen molar-refractivity contribution in [2.24, 2.45) is 0 Å². The molecular formula is C18H12BrN3S. The molecule has 0 amide bonds. The van der Waals surface area contributed by atoms with Crippen LogP contribution in [0.4, 0.5) is 5.69 Å². The van der Waals surface area contributed by atoms with Crippen molar-refractivity contribution in [2.45, 2.75) is 0 Å². The highest BCUT2D eigenvalue weighted by atomic mass is 79.9. The number of hydrogen-bond donors (Lipinski definition) is 1. The van der Waals surface area contributed by atoms with Gasteiger partial charge in [0.25, 0.3) is 0 Å². The predicted molar refractivity (Wildman–Crippen MR) is 98.9 cm³/mol. The third kappa shape index (κ3) is 3.86. The maximum Gasteiger partial charge on any atom is 0.136 e. The van der Waals surface area contributed by atoms with Gasteiger partial charge in [-0.05, 0) is 24.3 Å². The van der Waals surface area contributed by atoms with Gasteiger partial charge in [0.2, 0.25) is 0 Å². The molecule has 2 aromatic carbocycles. The highest BCUT2D eigenvalue weighted by molar-refractivity contribution is 9.10. The first-order chi connectivity index (χ1) is 11.3. The second kappa shape index (κ2) is 7.23. The molecule has 23 heavy (non-hydrogen) atoms. The molecule has 0 aliphatic heterocycles. The van der Waals surface area contributed by atoms with E-state index in [0.29, 0.717) is 10.6 Å². The van der Waals surface area contributed by atoms with Gasteiger partial charge >= 0.3 is 0 Å². The van der Waals surface area contributed by atoms with Gasteiger partial charge in [-0.3, -0.25) is 0 Å². The topological polar surface area (TPSA) is 48.7 Å². The average molecular weight is 382 g/mol. The van der Waals surface area contributed by atoms with Crippen LogP contribution in [0.5, 0.6) is 0 Å². The number of thiazole rings is 1. The van der Waals surface area contributed by atoms with Crippen LogP contribution in [0.25, 0.3) is 16.8 Å². The maximum atomic E-state index is 9.38. The fraction of sp³-hybridized carbons (Fsp3) is 0. The van der Waals surface area contributed by atoms with Crippen molar-refractivity contribution in [2.75, 3.05) is 5.32 Å². The lowest BCUT2D eigenvalue weighted by Crippen LogP contribution is -1.90. The molecular weight excluding hydrogens is 370 g/mol. The molecule has 3 rings (SSSR count). The zero-order valence-corrected chi connectivity index (χ0v) is 14.4. The minimum absolute atomic E-state index is 0.516. The Balaban J connectivity index is 1.83. The number of allylic oxidation sites excluding steroid dienone is 1. The molecule has 1 aromatic heterocycles. The monoisotopic (exact) mass is 381 g/mol. The summed E-state index contributed by atoms with van der Waals surface area (Å²) in [6.45, 7) is 0. The van der Waals surface area contributed by atoms with Crippen LogP contribution >= 0.6 is 27.3 Å². The van der Waals surface area contributed by atoms with Crippen LogP contribution in [0.1, 0.15) is 5.01 Å². The van der Waals surface area contributed by atoms with Crippen molar-refractivity contribution in [1.82, 2.24) is 4.98 Å². The van der Waals surface area contributed by atoms with Crippen LogP contribution < -0.4 is 5.32 Å². The number of nitriles is 1. The Kier molecular flexibility index (Phi) is 4.86. The first-order valence-electron chi connectivity index (χ1n) is 6.90. The van der Waals surface area contributed by atoms with Crippen LogP contribution in [0, 0.1) is 11.3 Å². The Bertz CT molecular complexity index is 861. The molecule has 0 saturated heterocycles. The van der Waals surface area contributed by atoms with Crippen molar-refractivity contribution >= 4 is 38.5 Å². The van der Waals surface area contributed by atoms with Crippen molar-refractivity contribution in [3.63, 3.8) is 0 Å². The Morgan fingerprint density at radius 3 is 2.57 bits per heavy atom. The number of aromatic nitrogens is 1. The van der Waals surface area contributed by atoms with E-state index < -0.39 is 0 Å². The number of halogens is 1. The number of nitrogens with one attached hydrogen (secondary N) is 1. The SMILES string of the molecule is N#C/C(=C/Nc1ccccc1)c1nc(-c2ccc(Br)cc2)cs1. The van der Waals surface area contributed by atoms with E-state index in [0.717, 1.165) is 21.4 Å². The smallest absolute Gasteiger partial charge is 0.136 e. The van der Waals surface area contributed by atoms with Crippen LogP contribution in [0.15, 0.2) is 70.7 Å². The Hall–Kier alpha value is -2.42. The highest BCUT2D eigenvalue weighted by Crippen LogP contribution is 2.27. The molecule has 0 aliphatic rings. The molecule has 0 atom stereocenters. The summed E-state index contributed by atoms with van der Waals surface area (Å²) in [4.78, 5) is 4.57. The summed E-state index contributed by atoms with van der Waals surface area (Å²) < 4.78 is 1.03. The van der Waals surface area contributed by atoms with Gasteiger partial charge in [0.05, 0.1) is 5.69 Å². The molecule has 112 valence electrons. The summed E-state index contributed by atoms with van der Waals surface area (Å²) in [7, 11) is 0. The fourth-order valence-corrected chi connectivity index (χ4v) is 3.04. The predicted octanol–water partition coefficient (Wildman–Crippen LogP) is 5.55. The van der Waals surface area contributed by atoms with Gasteiger partial charge in [0.1, 0.15) is 16.6 Å². The van der Waals surface area contributed by atoms with Crippen molar-refractivity contribution in [3.05, 3.63) is 75.7 Å². The summed E-state index contributed by atoms with van der Waals surface area (Å²) >= 11 is 4.88. The highest BCUT2D eigenvalue weighted by Gasteiger charge is 2.08. The van der Waals surface area contributed by atoms with Crippen LogP contribution in [-0.4, -0.2) is 4.98 Å². The molecule has 3 aromatic rings. The number of rotatable bonds is 4. The van der Waals surface area contributed by atoms with Crippen molar-refractivity contribution < 1.29 is 0 Å².